The third-order valence-corrected chi connectivity index (χ3v) is 11.5. The Morgan fingerprint density at radius 3 is 2.63 bits per heavy atom. The van der Waals surface area contributed by atoms with E-state index in [0.717, 1.165) is 74.3 Å². The molecule has 3 aliphatic heterocycles. The number of nitrogens with one attached hydrogen (secondary N) is 1. The molecule has 1 N–H and O–H groups in total. The van der Waals surface area contributed by atoms with Crippen LogP contribution in [0.5, 0.6) is 5.75 Å². The van der Waals surface area contributed by atoms with Crippen molar-refractivity contribution in [3.63, 3.8) is 0 Å². The second kappa shape index (κ2) is 14.6. The molecule has 6 heterocycles. The lowest BCUT2D eigenvalue weighted by Gasteiger charge is -2.29. The van der Waals surface area contributed by atoms with Crippen molar-refractivity contribution in [2.75, 3.05) is 6.61 Å². The molecule has 0 radical (unpaired) electrons. The summed E-state index contributed by atoms with van der Waals surface area (Å²) in [6, 6.07) is 16.4. The van der Waals surface area contributed by atoms with Crippen molar-refractivity contribution in [2.24, 2.45) is 4.99 Å². The van der Waals surface area contributed by atoms with Crippen LogP contribution in [0.4, 0.5) is 0 Å². The molecule has 0 aliphatic carbocycles. The Kier molecular flexibility index (Phi) is 9.60. The van der Waals surface area contributed by atoms with Crippen molar-refractivity contribution in [2.45, 2.75) is 71.5 Å². The quantitative estimate of drug-likeness (QED) is 0.109. The first-order valence-electron chi connectivity index (χ1n) is 17.9. The van der Waals surface area contributed by atoms with Gasteiger partial charge in [-0.2, -0.15) is 0 Å². The van der Waals surface area contributed by atoms with Crippen LogP contribution >= 0.6 is 22.9 Å². The highest BCUT2D eigenvalue weighted by Gasteiger charge is 2.39. The Labute approximate surface area is 321 Å². The molecule has 3 amide bonds. The molecule has 13 heteroatoms. The normalized spacial score (nSPS) is 17.5. The summed E-state index contributed by atoms with van der Waals surface area (Å²) >= 11 is 7.82. The van der Waals surface area contributed by atoms with Crippen LogP contribution in [0.15, 0.2) is 65.8 Å². The Hall–Kier alpha value is -5.64. The SMILES string of the molecule is Cc1c(C#Cc2ccc(OCCCCc3cccc4c3CN(C3CCC(=O)NC3=O)C4=O)cn2)sc2c1C(c1ccc(Cl)cc1)=N[C@@H](C)c1nnc(C)n1-2. The molecule has 2 aromatic carbocycles. The molecule has 0 saturated carbocycles. The van der Waals surface area contributed by atoms with Gasteiger partial charge in [0.05, 0.1) is 23.4 Å². The number of imide groups is 1. The number of piperidine rings is 1. The average Bonchev–Trinajstić information content (AvgIpc) is 3.79. The minimum Gasteiger partial charge on any atom is -0.492 e. The van der Waals surface area contributed by atoms with E-state index in [-0.39, 0.29) is 24.3 Å². The smallest absolute Gasteiger partial charge is 0.255 e. The predicted octanol–water partition coefficient (Wildman–Crippen LogP) is 6.47. The predicted molar refractivity (Wildman–Crippen MR) is 205 cm³/mol. The molecule has 1 saturated heterocycles. The molecule has 0 bridgehead atoms. The second-order valence-electron chi connectivity index (χ2n) is 13.6. The third kappa shape index (κ3) is 6.70. The number of aryl methyl sites for hydroxylation is 2. The van der Waals surface area contributed by atoms with Crippen LogP contribution in [0.25, 0.3) is 5.00 Å². The van der Waals surface area contributed by atoms with E-state index in [4.69, 9.17) is 21.3 Å². The van der Waals surface area contributed by atoms with E-state index in [0.29, 0.717) is 41.6 Å². The number of rotatable bonds is 8. The summed E-state index contributed by atoms with van der Waals surface area (Å²) in [6.45, 7) is 6.95. The lowest BCUT2D eigenvalue weighted by atomic mass is 9.99. The van der Waals surface area contributed by atoms with Crippen molar-refractivity contribution in [1.82, 2.24) is 30.0 Å². The van der Waals surface area contributed by atoms with Gasteiger partial charge in [-0.15, -0.1) is 21.5 Å². The first kappa shape index (κ1) is 35.4. The number of halogens is 1. The van der Waals surface area contributed by atoms with Crippen molar-refractivity contribution < 1.29 is 19.1 Å². The van der Waals surface area contributed by atoms with E-state index in [1.807, 2.05) is 68.4 Å². The van der Waals surface area contributed by atoms with Gasteiger partial charge in [-0.3, -0.25) is 29.3 Å². The van der Waals surface area contributed by atoms with E-state index in [1.165, 1.54) is 0 Å². The number of hydrogen-bond donors (Lipinski definition) is 1. The van der Waals surface area contributed by atoms with Crippen molar-refractivity contribution in [3.05, 3.63) is 121 Å². The van der Waals surface area contributed by atoms with E-state index < -0.39 is 11.9 Å². The number of nitrogens with zero attached hydrogens (tertiary/aromatic N) is 6. The molecule has 0 spiro atoms. The fourth-order valence-electron chi connectivity index (χ4n) is 7.25. The fourth-order valence-corrected chi connectivity index (χ4v) is 8.59. The highest BCUT2D eigenvalue weighted by Crippen LogP contribution is 2.39. The standard InChI is InChI=1S/C41H36ClN7O4S/c1-23-34(54-41-36(23)37(27-10-12-28(42)13-11-27)44-24(2)38-47-46-25(3)49(38)41)18-15-29-14-16-30(21-43-29)53-20-5-4-7-26-8-6-9-31-32(26)22-48(40(31)52)33-17-19-35(50)45-39(33)51/h6,8-14,16,21,24,33H,4-5,7,17,19-20,22H2,1-3H3,(H,45,50,51)/t24-,33?/m0/s1. The zero-order valence-electron chi connectivity index (χ0n) is 30.0. The van der Waals surface area contributed by atoms with Crippen LogP contribution in [0.2, 0.25) is 5.02 Å². The molecule has 54 heavy (non-hydrogen) atoms. The van der Waals surface area contributed by atoms with Gasteiger partial charge in [-0.1, -0.05) is 35.9 Å². The Balaban J connectivity index is 0.905. The van der Waals surface area contributed by atoms with E-state index in [1.54, 1.807) is 22.4 Å². The summed E-state index contributed by atoms with van der Waals surface area (Å²) in [4.78, 5) is 49.4. The van der Waals surface area contributed by atoms with Gasteiger partial charge in [0.25, 0.3) is 5.91 Å². The highest BCUT2D eigenvalue weighted by atomic mass is 35.5. The maximum atomic E-state index is 13.1. The fraction of sp³-hybridized carbons (Fsp3) is 0.293. The van der Waals surface area contributed by atoms with E-state index in [9.17, 15) is 14.4 Å². The van der Waals surface area contributed by atoms with Crippen LogP contribution < -0.4 is 10.1 Å². The Morgan fingerprint density at radius 1 is 1.02 bits per heavy atom. The lowest BCUT2D eigenvalue weighted by Crippen LogP contribution is -2.52. The Morgan fingerprint density at radius 2 is 1.85 bits per heavy atom. The summed E-state index contributed by atoms with van der Waals surface area (Å²) in [6.07, 6.45) is 4.74. The second-order valence-corrected chi connectivity index (χ2v) is 15.1. The van der Waals surface area contributed by atoms with Crippen molar-refractivity contribution in [3.8, 4) is 22.6 Å². The molecule has 8 rings (SSSR count). The molecule has 3 aliphatic rings. The van der Waals surface area contributed by atoms with Crippen LogP contribution in [0.3, 0.4) is 0 Å². The number of fused-ring (bicyclic) bond motifs is 4. The lowest BCUT2D eigenvalue weighted by molar-refractivity contribution is -0.136. The molecule has 1 fully saturated rings. The summed E-state index contributed by atoms with van der Waals surface area (Å²) in [5.41, 5.74) is 7.21. The highest BCUT2D eigenvalue weighted by molar-refractivity contribution is 7.15. The minimum atomic E-state index is -0.619. The van der Waals surface area contributed by atoms with E-state index >= 15 is 0 Å². The molecule has 2 atom stereocenters. The van der Waals surface area contributed by atoms with Crippen LogP contribution in [-0.2, 0) is 22.6 Å². The number of thiophene rings is 1. The van der Waals surface area contributed by atoms with Gasteiger partial charge in [0, 0.05) is 34.7 Å². The zero-order chi connectivity index (χ0) is 37.5. The molecular formula is C41H36ClN7O4S. The van der Waals surface area contributed by atoms with Gasteiger partial charge in [-0.25, -0.2) is 4.98 Å². The summed E-state index contributed by atoms with van der Waals surface area (Å²) < 4.78 is 8.09. The number of benzene rings is 2. The van der Waals surface area contributed by atoms with Crippen LogP contribution in [0.1, 0.15) is 99.0 Å². The molecule has 3 aromatic heterocycles. The number of carbonyl (C=O) groups excluding carboxylic acids is 3. The molecular weight excluding hydrogens is 722 g/mol. The minimum absolute atomic E-state index is 0.154. The third-order valence-electron chi connectivity index (χ3n) is 10.1. The van der Waals surface area contributed by atoms with Crippen molar-refractivity contribution >= 4 is 46.4 Å². The number of unbranched alkanes of at least 4 members (excludes halogenated alkanes) is 1. The number of ether oxygens (including phenoxy) is 1. The van der Waals surface area contributed by atoms with Crippen molar-refractivity contribution in [1.29, 1.82) is 0 Å². The number of aromatic nitrogens is 4. The van der Waals surface area contributed by atoms with Gasteiger partial charge < -0.3 is 9.64 Å². The van der Waals surface area contributed by atoms with Gasteiger partial charge >= 0.3 is 0 Å². The van der Waals surface area contributed by atoms with Gasteiger partial charge in [-0.05, 0) is 105 Å². The summed E-state index contributed by atoms with van der Waals surface area (Å²) in [7, 11) is 0. The number of pyridine rings is 1. The first-order valence-corrected chi connectivity index (χ1v) is 19.1. The van der Waals surface area contributed by atoms with Crippen LogP contribution in [-0.4, -0.2) is 60.7 Å². The largest absolute Gasteiger partial charge is 0.492 e. The maximum Gasteiger partial charge on any atom is 0.255 e. The molecule has 1 unspecified atom stereocenters. The summed E-state index contributed by atoms with van der Waals surface area (Å²) in [5, 5.41) is 12.8. The van der Waals surface area contributed by atoms with Gasteiger partial charge in [0.15, 0.2) is 5.82 Å². The van der Waals surface area contributed by atoms with E-state index in [2.05, 4.69) is 43.8 Å². The molecule has 11 nitrogen and oxygen atoms in total. The first-order chi connectivity index (χ1) is 26.2. The van der Waals surface area contributed by atoms with Crippen LogP contribution in [0, 0.1) is 25.7 Å². The topological polar surface area (TPSA) is 132 Å². The summed E-state index contributed by atoms with van der Waals surface area (Å²) in [5.74, 6) is 8.00. The number of carbonyl (C=O) groups is 3. The monoisotopic (exact) mass is 757 g/mol. The van der Waals surface area contributed by atoms with Gasteiger partial charge in [0.2, 0.25) is 11.8 Å². The maximum absolute atomic E-state index is 13.1. The number of amides is 3. The average molecular weight is 758 g/mol. The Bertz CT molecular complexity index is 2410. The number of hydrogen-bond acceptors (Lipinski definition) is 9. The molecule has 5 aromatic rings. The zero-order valence-corrected chi connectivity index (χ0v) is 31.6. The molecule has 272 valence electrons. The number of aliphatic imine (C=N–C) groups is 1. The van der Waals surface area contributed by atoms with Gasteiger partial charge in [0.1, 0.15) is 34.4 Å².